The molecule has 4 rings (SSSR count). The van der Waals surface area contributed by atoms with Crippen LogP contribution in [0.15, 0.2) is 47.0 Å². The molecule has 1 atom stereocenters. The fraction of sp³-hybridized carbons (Fsp3) is 0.211. The lowest BCUT2D eigenvalue weighted by atomic mass is 10.1. The van der Waals surface area contributed by atoms with Crippen LogP contribution in [0, 0.1) is 11.6 Å². The molecule has 1 fully saturated rings. The zero-order valence-electron chi connectivity index (χ0n) is 14.0. The van der Waals surface area contributed by atoms with Crippen LogP contribution in [0.1, 0.15) is 23.8 Å². The first kappa shape index (κ1) is 17.6. The number of nitrogens with zero attached hydrogens (tertiary/aromatic N) is 3. The van der Waals surface area contributed by atoms with Crippen LogP contribution in [0.3, 0.4) is 0 Å². The molecule has 3 aromatic rings. The van der Waals surface area contributed by atoms with E-state index in [4.69, 9.17) is 16.1 Å². The van der Waals surface area contributed by atoms with Crippen LogP contribution in [0.4, 0.5) is 8.78 Å². The van der Waals surface area contributed by atoms with E-state index in [9.17, 15) is 13.6 Å². The van der Waals surface area contributed by atoms with E-state index < -0.39 is 5.82 Å². The van der Waals surface area contributed by atoms with Crippen LogP contribution in [0.25, 0.3) is 11.4 Å². The first-order valence-electron chi connectivity index (χ1n) is 8.31. The summed E-state index contributed by atoms with van der Waals surface area (Å²) in [6.45, 7) is 0.721. The molecule has 1 unspecified atom stereocenters. The summed E-state index contributed by atoms with van der Waals surface area (Å²) in [4.78, 5) is 18.3. The summed E-state index contributed by atoms with van der Waals surface area (Å²) in [7, 11) is 0. The Morgan fingerprint density at radius 2 is 2.07 bits per heavy atom. The van der Waals surface area contributed by atoms with Crippen molar-refractivity contribution in [1.82, 2.24) is 15.0 Å². The molecule has 138 valence electrons. The predicted octanol–water partition coefficient (Wildman–Crippen LogP) is 4.18. The highest BCUT2D eigenvalue weighted by Gasteiger charge is 2.34. The van der Waals surface area contributed by atoms with Crippen molar-refractivity contribution in [2.24, 2.45) is 0 Å². The first-order chi connectivity index (χ1) is 13.0. The van der Waals surface area contributed by atoms with Gasteiger partial charge in [0.2, 0.25) is 17.6 Å². The van der Waals surface area contributed by atoms with Gasteiger partial charge in [0.05, 0.1) is 10.9 Å². The Morgan fingerprint density at radius 1 is 1.22 bits per heavy atom. The molecule has 27 heavy (non-hydrogen) atoms. The first-order valence-corrected chi connectivity index (χ1v) is 8.68. The van der Waals surface area contributed by atoms with Crippen molar-refractivity contribution in [3.05, 3.63) is 70.6 Å². The monoisotopic (exact) mass is 389 g/mol. The zero-order chi connectivity index (χ0) is 19.0. The molecule has 1 aromatic heterocycles. The lowest BCUT2D eigenvalue weighted by molar-refractivity contribution is -0.128. The second-order valence-corrected chi connectivity index (χ2v) is 6.80. The number of aromatic nitrogens is 2. The summed E-state index contributed by atoms with van der Waals surface area (Å²) in [5, 5.41) is 3.91. The van der Waals surface area contributed by atoms with Crippen molar-refractivity contribution < 1.29 is 18.1 Å². The van der Waals surface area contributed by atoms with E-state index in [-0.39, 0.29) is 34.9 Å². The summed E-state index contributed by atoms with van der Waals surface area (Å²) in [6.07, 6.45) is 0.236. The molecule has 0 aliphatic carbocycles. The normalized spacial score (nSPS) is 16.9. The predicted molar refractivity (Wildman–Crippen MR) is 93.9 cm³/mol. The number of rotatable bonds is 4. The summed E-state index contributed by atoms with van der Waals surface area (Å²) in [5.74, 6) is -0.585. The van der Waals surface area contributed by atoms with E-state index in [1.54, 1.807) is 23.1 Å². The molecule has 8 heteroatoms. The number of carbonyl (C=O) groups is 1. The van der Waals surface area contributed by atoms with Gasteiger partial charge in [0.1, 0.15) is 11.6 Å². The fourth-order valence-electron chi connectivity index (χ4n) is 3.09. The molecule has 2 aromatic carbocycles. The zero-order valence-corrected chi connectivity index (χ0v) is 14.8. The highest BCUT2D eigenvalue weighted by molar-refractivity contribution is 6.30. The number of amides is 1. The van der Waals surface area contributed by atoms with Gasteiger partial charge in [-0.15, -0.1) is 0 Å². The van der Waals surface area contributed by atoms with Gasteiger partial charge in [-0.3, -0.25) is 4.79 Å². The Hall–Kier alpha value is -2.80. The average Bonchev–Trinajstić information content (AvgIpc) is 3.26. The van der Waals surface area contributed by atoms with Gasteiger partial charge in [0.15, 0.2) is 0 Å². The molecule has 0 saturated carbocycles. The molecule has 1 aliphatic rings. The van der Waals surface area contributed by atoms with Crippen molar-refractivity contribution in [3.63, 3.8) is 0 Å². The molecular weight excluding hydrogens is 376 g/mol. The van der Waals surface area contributed by atoms with Crippen LogP contribution in [0.2, 0.25) is 5.02 Å². The van der Waals surface area contributed by atoms with Crippen molar-refractivity contribution in [1.29, 1.82) is 0 Å². The maximum absolute atomic E-state index is 13.4. The number of halogens is 3. The Morgan fingerprint density at radius 3 is 2.85 bits per heavy atom. The molecule has 5 nitrogen and oxygen atoms in total. The maximum atomic E-state index is 13.4. The third kappa shape index (κ3) is 3.68. The number of likely N-dealkylation sites (tertiary alicyclic amines) is 1. The molecule has 1 aliphatic heterocycles. The molecule has 0 bridgehead atoms. The van der Waals surface area contributed by atoms with Gasteiger partial charge in [-0.1, -0.05) is 35.0 Å². The highest BCUT2D eigenvalue weighted by atomic mass is 35.5. The van der Waals surface area contributed by atoms with Gasteiger partial charge in [0, 0.05) is 25.1 Å². The SMILES string of the molecule is O=C1CC(c2nc(-c3cccc(F)c3)no2)CN1Cc1ccc(F)c(Cl)c1. The Balaban J connectivity index is 1.48. The maximum Gasteiger partial charge on any atom is 0.232 e. The summed E-state index contributed by atoms with van der Waals surface area (Å²) < 4.78 is 31.9. The van der Waals surface area contributed by atoms with Gasteiger partial charge < -0.3 is 9.42 Å². The third-order valence-corrected chi connectivity index (χ3v) is 4.74. The second-order valence-electron chi connectivity index (χ2n) is 6.39. The van der Waals surface area contributed by atoms with Gasteiger partial charge >= 0.3 is 0 Å². The molecule has 0 N–H and O–H groups in total. The van der Waals surface area contributed by atoms with Crippen LogP contribution in [-0.2, 0) is 11.3 Å². The van der Waals surface area contributed by atoms with Crippen LogP contribution < -0.4 is 0 Å². The quantitative estimate of drug-likeness (QED) is 0.671. The lowest BCUT2D eigenvalue weighted by Gasteiger charge is -2.16. The second kappa shape index (κ2) is 7.08. The van der Waals surface area contributed by atoms with Gasteiger partial charge in [-0.2, -0.15) is 4.98 Å². The number of hydrogen-bond acceptors (Lipinski definition) is 4. The van der Waals surface area contributed by atoms with Crippen molar-refractivity contribution in [2.45, 2.75) is 18.9 Å². The van der Waals surface area contributed by atoms with Crippen LogP contribution in [0.5, 0.6) is 0 Å². The van der Waals surface area contributed by atoms with Crippen molar-refractivity contribution >= 4 is 17.5 Å². The van der Waals surface area contributed by atoms with E-state index in [0.29, 0.717) is 24.5 Å². The highest BCUT2D eigenvalue weighted by Crippen LogP contribution is 2.30. The summed E-state index contributed by atoms with van der Waals surface area (Å²) >= 11 is 5.79. The Labute approximate surface area is 158 Å². The standard InChI is InChI=1S/C19H14ClF2N3O2/c20-15-6-11(4-5-16(15)22)9-25-10-13(8-17(25)26)19-23-18(24-27-19)12-2-1-3-14(21)7-12/h1-7,13H,8-10H2. The Kier molecular flexibility index (Phi) is 4.61. The number of carbonyl (C=O) groups excluding carboxylic acids is 1. The summed E-state index contributed by atoms with van der Waals surface area (Å²) in [6, 6.07) is 10.3. The topological polar surface area (TPSA) is 59.2 Å². The minimum absolute atomic E-state index is 0.0207. The van der Waals surface area contributed by atoms with E-state index >= 15 is 0 Å². The van der Waals surface area contributed by atoms with E-state index in [1.807, 2.05) is 0 Å². The number of benzene rings is 2. The van der Waals surface area contributed by atoms with Crippen LogP contribution in [-0.4, -0.2) is 27.5 Å². The minimum atomic E-state index is -0.498. The molecule has 0 radical (unpaired) electrons. The van der Waals surface area contributed by atoms with E-state index in [1.165, 1.54) is 24.3 Å². The van der Waals surface area contributed by atoms with Gasteiger partial charge in [0.25, 0.3) is 0 Å². The van der Waals surface area contributed by atoms with Crippen molar-refractivity contribution in [2.75, 3.05) is 6.54 Å². The number of hydrogen-bond donors (Lipinski definition) is 0. The smallest absolute Gasteiger partial charge is 0.232 e. The largest absolute Gasteiger partial charge is 0.339 e. The molecule has 1 saturated heterocycles. The molecule has 1 amide bonds. The lowest BCUT2D eigenvalue weighted by Crippen LogP contribution is -2.24. The Bertz CT molecular complexity index is 1010. The van der Waals surface area contributed by atoms with Crippen molar-refractivity contribution in [3.8, 4) is 11.4 Å². The van der Waals surface area contributed by atoms with Gasteiger partial charge in [-0.25, -0.2) is 8.78 Å². The van der Waals surface area contributed by atoms with Crippen LogP contribution >= 0.6 is 11.6 Å². The fourth-order valence-corrected chi connectivity index (χ4v) is 3.30. The molecule has 2 heterocycles. The summed E-state index contributed by atoms with van der Waals surface area (Å²) in [5.41, 5.74) is 1.24. The molecular formula is C19H14ClF2N3O2. The molecule has 0 spiro atoms. The van der Waals surface area contributed by atoms with E-state index in [0.717, 1.165) is 5.56 Å². The van der Waals surface area contributed by atoms with E-state index in [2.05, 4.69) is 10.1 Å². The minimum Gasteiger partial charge on any atom is -0.339 e. The third-order valence-electron chi connectivity index (χ3n) is 4.45. The average molecular weight is 390 g/mol. The van der Waals surface area contributed by atoms with Gasteiger partial charge in [-0.05, 0) is 29.8 Å².